The summed E-state index contributed by atoms with van der Waals surface area (Å²) in [7, 11) is 1.68. The lowest BCUT2D eigenvalue weighted by molar-refractivity contribution is 0.203. The van der Waals surface area contributed by atoms with Crippen LogP contribution in [-0.4, -0.2) is 49.4 Å². The molecule has 0 bridgehead atoms. The SMILES string of the molecule is COCCNC(=S)N1CCO/C1=N\C1CCc2ccsc21. The summed E-state index contributed by atoms with van der Waals surface area (Å²) in [5.41, 5.74) is 1.43. The Morgan fingerprint density at radius 3 is 3.43 bits per heavy atom. The monoisotopic (exact) mass is 325 g/mol. The van der Waals surface area contributed by atoms with Crippen molar-refractivity contribution in [2.24, 2.45) is 4.99 Å². The van der Waals surface area contributed by atoms with Crippen molar-refractivity contribution in [3.8, 4) is 0 Å². The van der Waals surface area contributed by atoms with E-state index in [-0.39, 0.29) is 6.04 Å². The molecule has 1 atom stereocenters. The molecule has 114 valence electrons. The number of nitrogens with zero attached hydrogens (tertiary/aromatic N) is 2. The van der Waals surface area contributed by atoms with Crippen LogP contribution in [0, 0.1) is 0 Å². The number of aliphatic imine (C=N–C) groups is 1. The van der Waals surface area contributed by atoms with Crippen molar-refractivity contribution in [2.45, 2.75) is 18.9 Å². The number of methoxy groups -OCH3 is 1. The minimum absolute atomic E-state index is 0.220. The van der Waals surface area contributed by atoms with Crippen LogP contribution in [0.5, 0.6) is 0 Å². The summed E-state index contributed by atoms with van der Waals surface area (Å²) in [6.45, 7) is 2.71. The first-order valence-electron chi connectivity index (χ1n) is 7.10. The zero-order chi connectivity index (χ0) is 14.7. The Balaban J connectivity index is 1.67. The summed E-state index contributed by atoms with van der Waals surface area (Å²) in [6.07, 6.45) is 2.17. The maximum absolute atomic E-state index is 5.67. The molecule has 1 aromatic rings. The fourth-order valence-corrected chi connectivity index (χ4v) is 3.88. The highest BCUT2D eigenvalue weighted by molar-refractivity contribution is 7.80. The molecule has 1 N–H and O–H groups in total. The number of thiophene rings is 1. The van der Waals surface area contributed by atoms with Crippen LogP contribution in [0.15, 0.2) is 16.4 Å². The van der Waals surface area contributed by atoms with Crippen LogP contribution >= 0.6 is 23.6 Å². The zero-order valence-corrected chi connectivity index (χ0v) is 13.6. The van der Waals surface area contributed by atoms with Crippen molar-refractivity contribution in [2.75, 3.05) is 33.4 Å². The van der Waals surface area contributed by atoms with Crippen LogP contribution in [0.25, 0.3) is 0 Å². The molecular formula is C14H19N3O2S2. The predicted molar refractivity (Wildman–Crippen MR) is 88.0 cm³/mol. The van der Waals surface area contributed by atoms with Crippen molar-refractivity contribution < 1.29 is 9.47 Å². The molecule has 0 aromatic carbocycles. The molecule has 1 aliphatic carbocycles. The minimum Gasteiger partial charge on any atom is -0.463 e. The van der Waals surface area contributed by atoms with Crippen LogP contribution in [0.1, 0.15) is 22.9 Å². The first kappa shape index (κ1) is 14.7. The molecule has 0 spiro atoms. The standard InChI is InChI=1S/C14H19N3O2S2/c1-18-7-5-15-14(20)17-6-8-19-13(17)16-11-3-2-10-4-9-21-12(10)11/h4,9,11H,2-3,5-8H2,1H3,(H,15,20)/b16-13-. The summed E-state index contributed by atoms with van der Waals surface area (Å²) in [5.74, 6) is 0. The summed E-state index contributed by atoms with van der Waals surface area (Å²) >= 11 is 7.19. The zero-order valence-electron chi connectivity index (χ0n) is 12.0. The molecule has 0 amide bonds. The Kier molecular flexibility index (Phi) is 4.72. The molecule has 1 fully saturated rings. The van der Waals surface area contributed by atoms with Gasteiger partial charge in [-0.15, -0.1) is 11.3 Å². The lowest BCUT2D eigenvalue weighted by Gasteiger charge is -2.19. The van der Waals surface area contributed by atoms with Crippen molar-refractivity contribution >= 4 is 34.7 Å². The van der Waals surface area contributed by atoms with Gasteiger partial charge in [0.25, 0.3) is 6.02 Å². The van der Waals surface area contributed by atoms with Crippen molar-refractivity contribution in [3.63, 3.8) is 0 Å². The quantitative estimate of drug-likeness (QED) is 0.677. The first-order valence-corrected chi connectivity index (χ1v) is 8.39. The largest absolute Gasteiger partial charge is 0.463 e. The first-order chi connectivity index (χ1) is 10.3. The van der Waals surface area contributed by atoms with Gasteiger partial charge >= 0.3 is 0 Å². The highest BCUT2D eigenvalue weighted by Crippen LogP contribution is 2.38. The molecule has 2 aliphatic rings. The Bertz CT molecular complexity index is 544. The predicted octanol–water partition coefficient (Wildman–Crippen LogP) is 1.94. The van der Waals surface area contributed by atoms with Crippen LogP contribution < -0.4 is 5.32 Å². The third-order valence-corrected chi connectivity index (χ3v) is 5.07. The summed E-state index contributed by atoms with van der Waals surface area (Å²) in [5, 5.41) is 5.97. The maximum Gasteiger partial charge on any atom is 0.294 e. The lowest BCUT2D eigenvalue weighted by Crippen LogP contribution is -2.42. The van der Waals surface area contributed by atoms with E-state index in [0.29, 0.717) is 30.9 Å². The van der Waals surface area contributed by atoms with Crippen LogP contribution in [0.4, 0.5) is 0 Å². The van der Waals surface area contributed by atoms with Crippen LogP contribution in [0.3, 0.4) is 0 Å². The number of aryl methyl sites for hydroxylation is 1. The maximum atomic E-state index is 5.67. The number of nitrogens with one attached hydrogen (secondary N) is 1. The highest BCUT2D eigenvalue weighted by Gasteiger charge is 2.29. The molecular weight excluding hydrogens is 306 g/mol. The summed E-state index contributed by atoms with van der Waals surface area (Å²) < 4.78 is 10.7. The van der Waals surface area contributed by atoms with Gasteiger partial charge in [-0.05, 0) is 42.1 Å². The summed E-state index contributed by atoms with van der Waals surface area (Å²) in [6, 6.07) is 3.07. The molecule has 1 saturated heterocycles. The van der Waals surface area contributed by atoms with Gasteiger partial charge in [0.2, 0.25) is 0 Å². The van der Waals surface area contributed by atoms with Gasteiger partial charge in [-0.3, -0.25) is 4.90 Å². The fourth-order valence-electron chi connectivity index (χ4n) is 2.58. The average molecular weight is 325 g/mol. The number of thiocarbonyl (C=S) groups is 1. The Labute approximate surface area is 134 Å². The number of hydrogen-bond donors (Lipinski definition) is 1. The fraction of sp³-hybridized carbons (Fsp3) is 0.571. The number of hydrogen-bond acceptors (Lipinski definition) is 5. The second-order valence-electron chi connectivity index (χ2n) is 5.00. The van der Waals surface area contributed by atoms with Gasteiger partial charge in [0, 0.05) is 18.5 Å². The van der Waals surface area contributed by atoms with E-state index in [1.54, 1.807) is 18.4 Å². The molecule has 7 heteroatoms. The Morgan fingerprint density at radius 2 is 2.57 bits per heavy atom. The van der Waals surface area contributed by atoms with E-state index >= 15 is 0 Å². The topological polar surface area (TPSA) is 46.1 Å². The van der Waals surface area contributed by atoms with Gasteiger partial charge in [0.05, 0.1) is 19.2 Å². The smallest absolute Gasteiger partial charge is 0.294 e. The van der Waals surface area contributed by atoms with E-state index in [9.17, 15) is 0 Å². The average Bonchev–Trinajstić information content (AvgIpc) is 3.17. The lowest BCUT2D eigenvalue weighted by atomic mass is 10.3. The van der Waals surface area contributed by atoms with E-state index in [0.717, 1.165) is 19.4 Å². The second-order valence-corrected chi connectivity index (χ2v) is 6.34. The van der Waals surface area contributed by atoms with Crippen LogP contribution in [-0.2, 0) is 15.9 Å². The van der Waals surface area contributed by atoms with Crippen molar-refractivity contribution in [1.82, 2.24) is 10.2 Å². The molecule has 1 unspecified atom stereocenters. The van der Waals surface area contributed by atoms with Crippen molar-refractivity contribution in [1.29, 1.82) is 0 Å². The van der Waals surface area contributed by atoms with Gasteiger partial charge in [0.15, 0.2) is 5.11 Å². The van der Waals surface area contributed by atoms with Crippen LogP contribution in [0.2, 0.25) is 0 Å². The number of amidine groups is 1. The van der Waals surface area contributed by atoms with Gasteiger partial charge in [-0.25, -0.2) is 4.99 Å². The molecule has 3 rings (SSSR count). The molecule has 5 nitrogen and oxygen atoms in total. The molecule has 1 aromatic heterocycles. The molecule has 0 saturated carbocycles. The molecule has 2 heterocycles. The number of fused-ring (bicyclic) bond motifs is 1. The van der Waals surface area contributed by atoms with E-state index in [2.05, 4.69) is 16.8 Å². The van der Waals surface area contributed by atoms with E-state index in [1.807, 2.05) is 4.90 Å². The van der Waals surface area contributed by atoms with E-state index in [4.69, 9.17) is 26.7 Å². The molecule has 0 radical (unpaired) electrons. The van der Waals surface area contributed by atoms with E-state index in [1.165, 1.54) is 10.4 Å². The molecule has 21 heavy (non-hydrogen) atoms. The minimum atomic E-state index is 0.220. The normalized spacial score (nSPS) is 22.4. The number of ether oxygens (including phenoxy) is 2. The Hall–Kier alpha value is -1.18. The summed E-state index contributed by atoms with van der Waals surface area (Å²) in [4.78, 5) is 8.10. The highest BCUT2D eigenvalue weighted by atomic mass is 32.1. The third-order valence-electron chi connectivity index (χ3n) is 3.64. The van der Waals surface area contributed by atoms with Gasteiger partial charge in [0.1, 0.15) is 6.61 Å². The van der Waals surface area contributed by atoms with E-state index < -0.39 is 0 Å². The number of rotatable bonds is 4. The second kappa shape index (κ2) is 6.72. The third kappa shape index (κ3) is 3.20. The van der Waals surface area contributed by atoms with Gasteiger partial charge in [-0.2, -0.15) is 0 Å². The van der Waals surface area contributed by atoms with Gasteiger partial charge < -0.3 is 14.8 Å². The van der Waals surface area contributed by atoms with Gasteiger partial charge in [-0.1, -0.05) is 0 Å². The molecule has 1 aliphatic heterocycles. The Morgan fingerprint density at radius 1 is 1.67 bits per heavy atom. The van der Waals surface area contributed by atoms with Crippen molar-refractivity contribution in [3.05, 3.63) is 21.9 Å².